The van der Waals surface area contributed by atoms with Crippen molar-refractivity contribution < 1.29 is 0 Å². The summed E-state index contributed by atoms with van der Waals surface area (Å²) in [6.45, 7) is 2.82. The van der Waals surface area contributed by atoms with E-state index in [4.69, 9.17) is 11.6 Å². The summed E-state index contributed by atoms with van der Waals surface area (Å²) in [7, 11) is 0. The lowest BCUT2D eigenvalue weighted by Gasteiger charge is -2.29. The Labute approximate surface area is 173 Å². The zero-order valence-electron chi connectivity index (χ0n) is 16.0. The van der Waals surface area contributed by atoms with Gasteiger partial charge >= 0.3 is 0 Å². The van der Waals surface area contributed by atoms with Gasteiger partial charge in [0.05, 0.1) is 12.1 Å². The fourth-order valence-corrected chi connectivity index (χ4v) is 4.38. The number of aromatic nitrogens is 3. The van der Waals surface area contributed by atoms with Gasteiger partial charge in [-0.05, 0) is 23.3 Å². The van der Waals surface area contributed by atoms with E-state index in [1.807, 2.05) is 54.7 Å². The molecule has 3 heterocycles. The predicted octanol–water partition coefficient (Wildman–Crippen LogP) is 3.76. The van der Waals surface area contributed by atoms with Gasteiger partial charge in [0.25, 0.3) is 5.56 Å². The van der Waals surface area contributed by atoms with Crippen LogP contribution in [0.3, 0.4) is 0 Å². The van der Waals surface area contributed by atoms with Crippen LogP contribution in [0.4, 0.5) is 0 Å². The highest BCUT2D eigenvalue weighted by Crippen LogP contribution is 2.21. The summed E-state index contributed by atoms with van der Waals surface area (Å²) >= 11 is 6.14. The Morgan fingerprint density at radius 2 is 1.83 bits per heavy atom. The van der Waals surface area contributed by atoms with Gasteiger partial charge in [0.1, 0.15) is 0 Å². The van der Waals surface area contributed by atoms with Crippen LogP contribution in [0.2, 0.25) is 5.02 Å². The van der Waals surface area contributed by atoms with Crippen LogP contribution in [0.5, 0.6) is 0 Å². The lowest BCUT2D eigenvalue weighted by Crippen LogP contribution is -2.38. The summed E-state index contributed by atoms with van der Waals surface area (Å²) in [5, 5.41) is 0.741. The molecule has 0 amide bonds. The van der Waals surface area contributed by atoms with E-state index in [1.54, 1.807) is 10.8 Å². The van der Waals surface area contributed by atoms with Crippen molar-refractivity contribution in [3.63, 3.8) is 0 Å². The van der Waals surface area contributed by atoms with Crippen LogP contribution < -0.4 is 5.56 Å². The molecule has 0 bridgehead atoms. The Bertz CT molecular complexity index is 1230. The van der Waals surface area contributed by atoms with Gasteiger partial charge in [0.15, 0.2) is 0 Å². The van der Waals surface area contributed by atoms with Crippen molar-refractivity contribution in [1.29, 1.82) is 0 Å². The van der Waals surface area contributed by atoms with Gasteiger partial charge in [0.2, 0.25) is 5.78 Å². The molecule has 29 heavy (non-hydrogen) atoms. The molecule has 1 aliphatic heterocycles. The highest BCUT2D eigenvalue weighted by Gasteiger charge is 2.24. The molecule has 0 spiro atoms. The van der Waals surface area contributed by atoms with Crippen LogP contribution in [0, 0.1) is 0 Å². The maximum absolute atomic E-state index is 13.4. The number of nitrogens with zero attached hydrogens (tertiary/aromatic N) is 4. The fraction of sp³-hybridized carbons (Fsp3) is 0.217. The standard InChI is InChI=1S/C23H21ClN4O/c24-19-8-4-7-18(13-19)14-26-11-9-21-20(16-26)22(29)28(23-25-10-12-27(21)23)15-17-5-2-1-3-6-17/h1-8,10,12-13H,9,11,14-16H2. The van der Waals surface area contributed by atoms with Crippen molar-refractivity contribution in [3.05, 3.63) is 105 Å². The largest absolute Gasteiger partial charge is 0.294 e. The highest BCUT2D eigenvalue weighted by molar-refractivity contribution is 6.30. The lowest BCUT2D eigenvalue weighted by atomic mass is 10.1. The Morgan fingerprint density at radius 1 is 1.00 bits per heavy atom. The lowest BCUT2D eigenvalue weighted by molar-refractivity contribution is 0.240. The minimum atomic E-state index is 0.0540. The summed E-state index contributed by atoms with van der Waals surface area (Å²) in [6.07, 6.45) is 4.56. The first-order valence-corrected chi connectivity index (χ1v) is 10.2. The SMILES string of the molecule is O=c1c2c(n3ccnc3n1Cc1ccccc1)CCN(Cc1cccc(Cl)c1)C2. The Kier molecular flexibility index (Phi) is 4.70. The number of halogens is 1. The summed E-state index contributed by atoms with van der Waals surface area (Å²) in [5.74, 6) is 0.709. The smallest absolute Gasteiger partial charge is 0.259 e. The zero-order valence-corrected chi connectivity index (χ0v) is 16.7. The molecule has 0 N–H and O–H groups in total. The average Bonchev–Trinajstić information content (AvgIpc) is 3.22. The first kappa shape index (κ1) is 18.2. The molecular weight excluding hydrogens is 384 g/mol. The molecule has 1 aliphatic rings. The third-order valence-electron chi connectivity index (χ3n) is 5.53. The van der Waals surface area contributed by atoms with Gasteiger partial charge in [-0.3, -0.25) is 18.7 Å². The van der Waals surface area contributed by atoms with Crippen LogP contribution in [0.15, 0.2) is 71.8 Å². The highest BCUT2D eigenvalue weighted by atomic mass is 35.5. The normalized spacial score (nSPS) is 14.2. The molecule has 0 fully saturated rings. The van der Waals surface area contributed by atoms with E-state index >= 15 is 0 Å². The monoisotopic (exact) mass is 404 g/mol. The Hall–Kier alpha value is -2.89. The molecule has 5 rings (SSSR count). The minimum Gasteiger partial charge on any atom is -0.294 e. The second-order valence-electron chi connectivity index (χ2n) is 7.49. The van der Waals surface area contributed by atoms with Crippen LogP contribution in [0.25, 0.3) is 5.78 Å². The van der Waals surface area contributed by atoms with Gasteiger partial charge in [-0.25, -0.2) is 4.98 Å². The molecule has 146 valence electrons. The van der Waals surface area contributed by atoms with E-state index in [0.717, 1.165) is 46.9 Å². The topological polar surface area (TPSA) is 42.5 Å². The fourth-order valence-electron chi connectivity index (χ4n) is 4.16. The third kappa shape index (κ3) is 3.48. The van der Waals surface area contributed by atoms with E-state index in [9.17, 15) is 4.79 Å². The first-order chi connectivity index (χ1) is 14.2. The number of rotatable bonds is 4. The number of imidazole rings is 1. The molecular formula is C23H21ClN4O. The van der Waals surface area contributed by atoms with E-state index < -0.39 is 0 Å². The van der Waals surface area contributed by atoms with Gasteiger partial charge in [0, 0.05) is 49.2 Å². The minimum absolute atomic E-state index is 0.0540. The molecule has 4 aromatic rings. The Balaban J connectivity index is 1.52. The molecule has 0 unspecified atom stereocenters. The van der Waals surface area contributed by atoms with Crippen LogP contribution in [0.1, 0.15) is 22.4 Å². The maximum Gasteiger partial charge on any atom is 0.259 e. The van der Waals surface area contributed by atoms with Crippen LogP contribution in [-0.4, -0.2) is 25.4 Å². The van der Waals surface area contributed by atoms with Gasteiger partial charge < -0.3 is 0 Å². The van der Waals surface area contributed by atoms with Gasteiger partial charge in [-0.2, -0.15) is 0 Å². The molecule has 2 aromatic carbocycles. The van der Waals surface area contributed by atoms with E-state index in [0.29, 0.717) is 18.9 Å². The van der Waals surface area contributed by atoms with Crippen molar-refractivity contribution in [2.24, 2.45) is 0 Å². The van der Waals surface area contributed by atoms with E-state index in [-0.39, 0.29) is 5.56 Å². The number of benzene rings is 2. The molecule has 0 radical (unpaired) electrons. The van der Waals surface area contributed by atoms with Crippen molar-refractivity contribution in [2.45, 2.75) is 26.1 Å². The van der Waals surface area contributed by atoms with Crippen LogP contribution >= 0.6 is 11.6 Å². The maximum atomic E-state index is 13.4. The third-order valence-corrected chi connectivity index (χ3v) is 5.77. The predicted molar refractivity (Wildman–Crippen MR) is 114 cm³/mol. The summed E-state index contributed by atoms with van der Waals surface area (Å²) in [5.41, 5.74) is 4.24. The molecule has 0 aliphatic carbocycles. The van der Waals surface area contributed by atoms with E-state index in [2.05, 4.69) is 20.4 Å². The van der Waals surface area contributed by atoms with Crippen molar-refractivity contribution in [3.8, 4) is 0 Å². The molecule has 6 heteroatoms. The number of fused-ring (bicyclic) bond motifs is 3. The molecule has 2 aromatic heterocycles. The number of hydrogen-bond acceptors (Lipinski definition) is 3. The second-order valence-corrected chi connectivity index (χ2v) is 7.93. The quantitative estimate of drug-likeness (QED) is 0.520. The zero-order chi connectivity index (χ0) is 19.8. The number of hydrogen-bond donors (Lipinski definition) is 0. The first-order valence-electron chi connectivity index (χ1n) is 9.77. The molecule has 5 nitrogen and oxygen atoms in total. The van der Waals surface area contributed by atoms with Crippen molar-refractivity contribution >= 4 is 17.4 Å². The molecule has 0 saturated heterocycles. The van der Waals surface area contributed by atoms with Crippen molar-refractivity contribution in [1.82, 2.24) is 18.9 Å². The second kappa shape index (κ2) is 7.50. The van der Waals surface area contributed by atoms with Gasteiger partial charge in [-0.1, -0.05) is 54.1 Å². The van der Waals surface area contributed by atoms with Gasteiger partial charge in [-0.15, -0.1) is 0 Å². The average molecular weight is 405 g/mol. The van der Waals surface area contributed by atoms with E-state index in [1.165, 1.54) is 0 Å². The van der Waals surface area contributed by atoms with Crippen LogP contribution in [-0.2, 0) is 26.1 Å². The summed E-state index contributed by atoms with van der Waals surface area (Å²) in [6, 6.07) is 18.0. The van der Waals surface area contributed by atoms with Crippen molar-refractivity contribution in [2.75, 3.05) is 6.54 Å². The molecule has 0 saturated carbocycles. The summed E-state index contributed by atoms with van der Waals surface area (Å²) < 4.78 is 3.87. The Morgan fingerprint density at radius 3 is 2.66 bits per heavy atom. The molecule has 0 atom stereocenters. The summed E-state index contributed by atoms with van der Waals surface area (Å²) in [4.78, 5) is 20.2.